The number of benzene rings is 6. The van der Waals surface area contributed by atoms with Crippen molar-refractivity contribution in [3.05, 3.63) is 139 Å². The molecule has 0 saturated carbocycles. The van der Waals surface area contributed by atoms with Crippen molar-refractivity contribution in [2.45, 2.75) is 19.3 Å². The summed E-state index contributed by atoms with van der Waals surface area (Å²) in [4.78, 5) is 0. The molecule has 39 heavy (non-hydrogen) atoms. The first-order valence-corrected chi connectivity index (χ1v) is 13.5. The van der Waals surface area contributed by atoms with Gasteiger partial charge in [-0.2, -0.15) is 0 Å². The van der Waals surface area contributed by atoms with Crippen molar-refractivity contribution in [1.82, 2.24) is 4.57 Å². The van der Waals surface area contributed by atoms with Crippen molar-refractivity contribution >= 4 is 32.6 Å². The zero-order valence-electron chi connectivity index (χ0n) is 22.0. The van der Waals surface area contributed by atoms with E-state index in [1.54, 1.807) is 0 Å². The minimum atomic E-state index is -0.111. The Hall–Kier alpha value is -4.82. The SMILES string of the molecule is CC1(C)c2ccccc2Oc2cc(-c3ccc4c(c3)c3ccccc3n4-c3ccc4ccccc4c3)ccc21. The lowest BCUT2D eigenvalue weighted by atomic mass is 9.75. The third-order valence-electron chi connectivity index (χ3n) is 8.43. The van der Waals surface area contributed by atoms with E-state index in [0.717, 1.165) is 17.1 Å². The zero-order chi connectivity index (χ0) is 26.1. The van der Waals surface area contributed by atoms with Gasteiger partial charge in [0.2, 0.25) is 0 Å². The van der Waals surface area contributed by atoms with Crippen molar-refractivity contribution in [2.75, 3.05) is 0 Å². The second-order valence-electron chi connectivity index (χ2n) is 11.1. The largest absolute Gasteiger partial charge is 0.457 e. The maximum absolute atomic E-state index is 6.43. The quantitative estimate of drug-likeness (QED) is 0.230. The molecule has 1 aromatic heterocycles. The summed E-state index contributed by atoms with van der Waals surface area (Å²) in [7, 11) is 0. The van der Waals surface area contributed by atoms with Crippen LogP contribution in [0.25, 0.3) is 49.4 Å². The number of para-hydroxylation sites is 2. The molecule has 8 rings (SSSR count). The van der Waals surface area contributed by atoms with E-state index < -0.39 is 0 Å². The Morgan fingerprint density at radius 2 is 1.21 bits per heavy atom. The van der Waals surface area contributed by atoms with Gasteiger partial charge in [-0.25, -0.2) is 0 Å². The molecule has 0 fully saturated rings. The fourth-order valence-corrected chi connectivity index (χ4v) is 6.38. The van der Waals surface area contributed by atoms with Gasteiger partial charge < -0.3 is 9.30 Å². The van der Waals surface area contributed by atoms with Gasteiger partial charge in [-0.3, -0.25) is 0 Å². The molecule has 0 unspecified atom stereocenters. The van der Waals surface area contributed by atoms with E-state index in [1.807, 2.05) is 6.07 Å². The van der Waals surface area contributed by atoms with Crippen molar-refractivity contribution in [3.8, 4) is 28.3 Å². The Labute approximate surface area is 227 Å². The van der Waals surface area contributed by atoms with Gasteiger partial charge >= 0.3 is 0 Å². The number of nitrogens with zero attached hydrogens (tertiary/aromatic N) is 1. The maximum Gasteiger partial charge on any atom is 0.132 e. The van der Waals surface area contributed by atoms with Gasteiger partial charge in [-0.05, 0) is 64.4 Å². The van der Waals surface area contributed by atoms with Crippen LogP contribution in [-0.4, -0.2) is 4.57 Å². The number of fused-ring (bicyclic) bond motifs is 6. The summed E-state index contributed by atoms with van der Waals surface area (Å²) in [5.74, 6) is 1.89. The van der Waals surface area contributed by atoms with Crippen LogP contribution in [0.4, 0.5) is 0 Å². The number of hydrogen-bond donors (Lipinski definition) is 0. The van der Waals surface area contributed by atoms with Crippen molar-refractivity contribution < 1.29 is 4.74 Å². The van der Waals surface area contributed by atoms with Crippen LogP contribution in [0.3, 0.4) is 0 Å². The van der Waals surface area contributed by atoms with Gasteiger partial charge in [0.25, 0.3) is 0 Å². The highest BCUT2D eigenvalue weighted by molar-refractivity contribution is 6.10. The van der Waals surface area contributed by atoms with Gasteiger partial charge in [0.05, 0.1) is 11.0 Å². The van der Waals surface area contributed by atoms with E-state index in [4.69, 9.17) is 4.74 Å². The number of hydrogen-bond acceptors (Lipinski definition) is 1. The number of rotatable bonds is 2. The lowest BCUT2D eigenvalue weighted by Gasteiger charge is -2.34. The first kappa shape index (κ1) is 22.2. The summed E-state index contributed by atoms with van der Waals surface area (Å²) in [6.45, 7) is 4.56. The standard InChI is InChI=1S/C37H27NO/c1-37(2)31-12-6-8-14-35(31)39-36-23-27(16-19-32(36)37)26-17-20-34-30(22-26)29-11-5-7-13-33(29)38(34)28-18-15-24-9-3-4-10-25(24)21-28/h3-23H,1-2H3. The Balaban J connectivity index is 1.29. The van der Waals surface area contributed by atoms with E-state index >= 15 is 0 Å². The average Bonchev–Trinajstić information content (AvgIpc) is 3.30. The van der Waals surface area contributed by atoms with Gasteiger partial charge in [0, 0.05) is 33.0 Å². The van der Waals surface area contributed by atoms with E-state index in [0.29, 0.717) is 0 Å². The van der Waals surface area contributed by atoms with Crippen LogP contribution >= 0.6 is 0 Å². The van der Waals surface area contributed by atoms with E-state index in [2.05, 4.69) is 140 Å². The molecule has 0 spiro atoms. The molecule has 0 amide bonds. The lowest BCUT2D eigenvalue weighted by molar-refractivity contribution is 0.418. The first-order valence-electron chi connectivity index (χ1n) is 13.5. The second kappa shape index (κ2) is 8.09. The van der Waals surface area contributed by atoms with Crippen LogP contribution in [0, 0.1) is 0 Å². The Bertz CT molecular complexity index is 2080. The monoisotopic (exact) mass is 501 g/mol. The van der Waals surface area contributed by atoms with Gasteiger partial charge in [0.1, 0.15) is 11.5 Å². The third kappa shape index (κ3) is 3.28. The highest BCUT2D eigenvalue weighted by Crippen LogP contribution is 2.48. The average molecular weight is 502 g/mol. The van der Waals surface area contributed by atoms with Gasteiger partial charge in [-0.1, -0.05) is 98.8 Å². The van der Waals surface area contributed by atoms with Crippen molar-refractivity contribution in [3.63, 3.8) is 0 Å². The molecule has 0 N–H and O–H groups in total. The van der Waals surface area contributed by atoms with Crippen LogP contribution in [0.5, 0.6) is 11.5 Å². The first-order chi connectivity index (χ1) is 19.1. The van der Waals surface area contributed by atoms with E-state index in [9.17, 15) is 0 Å². The second-order valence-corrected chi connectivity index (χ2v) is 11.1. The maximum atomic E-state index is 6.43. The molecule has 0 aliphatic carbocycles. The number of ether oxygens (including phenoxy) is 1. The molecule has 7 aromatic rings. The fourth-order valence-electron chi connectivity index (χ4n) is 6.38. The molecule has 2 nitrogen and oxygen atoms in total. The van der Waals surface area contributed by atoms with Crippen LogP contribution in [0.2, 0.25) is 0 Å². The summed E-state index contributed by atoms with van der Waals surface area (Å²) in [6, 6.07) is 45.9. The van der Waals surface area contributed by atoms with Crippen molar-refractivity contribution in [1.29, 1.82) is 0 Å². The smallest absolute Gasteiger partial charge is 0.132 e. The molecule has 1 aliphatic heterocycles. The van der Waals surface area contributed by atoms with E-state index in [1.165, 1.54) is 55.0 Å². The molecule has 1 aliphatic rings. The third-order valence-corrected chi connectivity index (χ3v) is 8.43. The minimum Gasteiger partial charge on any atom is -0.457 e. The zero-order valence-corrected chi connectivity index (χ0v) is 22.0. The van der Waals surface area contributed by atoms with Crippen LogP contribution in [0.1, 0.15) is 25.0 Å². The topological polar surface area (TPSA) is 14.2 Å². The summed E-state index contributed by atoms with van der Waals surface area (Å²) in [5.41, 5.74) is 8.29. The Morgan fingerprint density at radius 3 is 2.13 bits per heavy atom. The molecule has 2 heterocycles. The molecule has 0 saturated heterocycles. The lowest BCUT2D eigenvalue weighted by Crippen LogP contribution is -2.24. The van der Waals surface area contributed by atoms with Crippen molar-refractivity contribution in [2.24, 2.45) is 0 Å². The molecular formula is C37H27NO. The van der Waals surface area contributed by atoms with Crippen LogP contribution < -0.4 is 4.74 Å². The molecule has 2 heteroatoms. The summed E-state index contributed by atoms with van der Waals surface area (Å²) in [5, 5.41) is 5.01. The summed E-state index contributed by atoms with van der Waals surface area (Å²) >= 11 is 0. The van der Waals surface area contributed by atoms with Gasteiger partial charge in [-0.15, -0.1) is 0 Å². The predicted octanol–water partition coefficient (Wildman–Crippen LogP) is 10.0. The van der Waals surface area contributed by atoms with Crippen LogP contribution in [0.15, 0.2) is 127 Å². The Kier molecular flexibility index (Phi) is 4.60. The molecule has 0 bridgehead atoms. The summed E-state index contributed by atoms with van der Waals surface area (Å²) < 4.78 is 8.81. The van der Waals surface area contributed by atoms with Gasteiger partial charge in [0.15, 0.2) is 0 Å². The van der Waals surface area contributed by atoms with E-state index in [-0.39, 0.29) is 5.41 Å². The number of aromatic nitrogens is 1. The molecule has 0 atom stereocenters. The highest BCUT2D eigenvalue weighted by Gasteiger charge is 2.34. The van der Waals surface area contributed by atoms with Crippen LogP contribution in [-0.2, 0) is 5.41 Å². The predicted molar refractivity (Wildman–Crippen MR) is 162 cm³/mol. The fraction of sp³-hybridized carbons (Fsp3) is 0.0811. The Morgan fingerprint density at radius 1 is 0.513 bits per heavy atom. The molecule has 186 valence electrons. The summed E-state index contributed by atoms with van der Waals surface area (Å²) in [6.07, 6.45) is 0. The molecule has 6 aromatic carbocycles. The molecular weight excluding hydrogens is 474 g/mol. The normalized spacial score (nSPS) is 13.8. The highest BCUT2D eigenvalue weighted by atomic mass is 16.5. The minimum absolute atomic E-state index is 0.111. The molecule has 0 radical (unpaired) electrons.